The van der Waals surface area contributed by atoms with Crippen LogP contribution in [0.5, 0.6) is 11.5 Å². The van der Waals surface area contributed by atoms with Crippen molar-refractivity contribution in [1.82, 2.24) is 5.32 Å². The van der Waals surface area contributed by atoms with E-state index in [1.165, 1.54) is 0 Å². The molecule has 7 heteroatoms. The van der Waals surface area contributed by atoms with Crippen molar-refractivity contribution in [2.24, 2.45) is 5.92 Å². The van der Waals surface area contributed by atoms with Crippen LogP contribution in [0.4, 0.5) is 0 Å². The maximum absolute atomic E-state index is 12.3. The molecule has 0 spiro atoms. The van der Waals surface area contributed by atoms with E-state index in [-0.39, 0.29) is 5.92 Å². The van der Waals surface area contributed by atoms with Crippen molar-refractivity contribution in [3.05, 3.63) is 22.2 Å². The van der Waals surface area contributed by atoms with Gasteiger partial charge in [0, 0.05) is 5.56 Å². The van der Waals surface area contributed by atoms with E-state index < -0.39 is 17.9 Å². The summed E-state index contributed by atoms with van der Waals surface area (Å²) in [6, 6.07) is 2.24. The third-order valence-corrected chi connectivity index (χ3v) is 3.76. The summed E-state index contributed by atoms with van der Waals surface area (Å²) in [6.45, 7) is 4.67. The number of carbonyl (C=O) groups is 2. The first kappa shape index (κ1) is 16.6. The molecule has 0 fully saturated rings. The van der Waals surface area contributed by atoms with E-state index in [4.69, 9.17) is 9.47 Å². The lowest BCUT2D eigenvalue weighted by atomic mass is 10.0. The number of hydrogen-bond donors (Lipinski definition) is 2. The van der Waals surface area contributed by atoms with Crippen LogP contribution in [0.3, 0.4) is 0 Å². The zero-order valence-electron chi connectivity index (χ0n) is 12.4. The van der Waals surface area contributed by atoms with Gasteiger partial charge in [0.25, 0.3) is 5.91 Å². The van der Waals surface area contributed by atoms with Gasteiger partial charge in [0.05, 0.1) is 4.47 Å². The van der Waals surface area contributed by atoms with E-state index >= 15 is 0 Å². The van der Waals surface area contributed by atoms with Crippen LogP contribution < -0.4 is 14.8 Å². The zero-order chi connectivity index (χ0) is 16.3. The van der Waals surface area contributed by atoms with Crippen molar-refractivity contribution < 1.29 is 24.2 Å². The molecule has 22 heavy (non-hydrogen) atoms. The van der Waals surface area contributed by atoms with Gasteiger partial charge in [-0.2, -0.15) is 0 Å². The summed E-state index contributed by atoms with van der Waals surface area (Å²) in [5.74, 6) is -0.306. The fourth-order valence-corrected chi connectivity index (χ4v) is 2.73. The number of carbonyl (C=O) groups excluding carboxylic acids is 1. The molecule has 0 aromatic heterocycles. The molecule has 1 aliphatic heterocycles. The second kappa shape index (κ2) is 7.00. The Labute approximate surface area is 136 Å². The normalized spacial score (nSPS) is 14.5. The van der Waals surface area contributed by atoms with Gasteiger partial charge in [-0.05, 0) is 40.4 Å². The summed E-state index contributed by atoms with van der Waals surface area (Å²) in [4.78, 5) is 23.5. The Morgan fingerprint density at radius 2 is 2.00 bits per heavy atom. The highest BCUT2D eigenvalue weighted by atomic mass is 79.9. The summed E-state index contributed by atoms with van der Waals surface area (Å²) >= 11 is 3.34. The number of benzene rings is 1. The average Bonchev–Trinajstić information content (AvgIpc) is 2.45. The van der Waals surface area contributed by atoms with Crippen molar-refractivity contribution in [2.45, 2.75) is 26.3 Å². The predicted molar refractivity (Wildman–Crippen MR) is 83.5 cm³/mol. The van der Waals surface area contributed by atoms with E-state index in [2.05, 4.69) is 21.2 Å². The van der Waals surface area contributed by atoms with E-state index in [0.717, 1.165) is 0 Å². The van der Waals surface area contributed by atoms with Gasteiger partial charge < -0.3 is 19.9 Å². The first-order chi connectivity index (χ1) is 10.4. The van der Waals surface area contributed by atoms with Crippen molar-refractivity contribution in [2.75, 3.05) is 13.2 Å². The molecular formula is C15H18BrNO5. The van der Waals surface area contributed by atoms with Gasteiger partial charge in [0.15, 0.2) is 11.5 Å². The molecule has 1 aromatic carbocycles. The molecule has 1 amide bonds. The number of carboxylic acids is 1. The molecule has 1 unspecified atom stereocenters. The van der Waals surface area contributed by atoms with Crippen molar-refractivity contribution in [3.8, 4) is 11.5 Å². The second-order valence-electron chi connectivity index (χ2n) is 5.48. The third kappa shape index (κ3) is 3.91. The third-order valence-electron chi connectivity index (χ3n) is 3.17. The molecule has 120 valence electrons. The van der Waals surface area contributed by atoms with Gasteiger partial charge >= 0.3 is 5.97 Å². The summed E-state index contributed by atoms with van der Waals surface area (Å²) in [5, 5.41) is 11.7. The van der Waals surface area contributed by atoms with Crippen LogP contribution in [0.2, 0.25) is 0 Å². The number of carboxylic acid groups (broad SMARTS) is 1. The number of ether oxygens (including phenoxy) is 2. The molecule has 2 rings (SSSR count). The van der Waals surface area contributed by atoms with Gasteiger partial charge in [-0.15, -0.1) is 0 Å². The number of rotatable bonds is 5. The standard InChI is InChI=1S/C15H18BrNO5/c1-8(2)5-11(15(19)20)17-14(18)9-6-10(16)13-12(7-9)21-3-4-22-13/h6-8,11H,3-5H2,1-2H3,(H,17,18)(H,19,20). The van der Waals surface area contributed by atoms with Crippen LogP contribution >= 0.6 is 15.9 Å². The van der Waals surface area contributed by atoms with E-state index in [9.17, 15) is 14.7 Å². The smallest absolute Gasteiger partial charge is 0.326 e. The number of halogens is 1. The maximum Gasteiger partial charge on any atom is 0.326 e. The first-order valence-corrected chi connectivity index (χ1v) is 7.80. The molecule has 1 atom stereocenters. The van der Waals surface area contributed by atoms with E-state index in [0.29, 0.717) is 41.2 Å². The lowest BCUT2D eigenvalue weighted by Crippen LogP contribution is -2.41. The number of nitrogens with one attached hydrogen (secondary N) is 1. The largest absolute Gasteiger partial charge is 0.486 e. The summed E-state index contributed by atoms with van der Waals surface area (Å²) in [5.41, 5.74) is 0.325. The maximum atomic E-state index is 12.3. The molecule has 0 saturated heterocycles. The highest BCUT2D eigenvalue weighted by Gasteiger charge is 2.24. The quantitative estimate of drug-likeness (QED) is 0.830. The number of amides is 1. The summed E-state index contributed by atoms with van der Waals surface area (Å²) in [7, 11) is 0. The van der Waals surface area contributed by atoms with Gasteiger partial charge in [0.1, 0.15) is 19.3 Å². The molecule has 1 aliphatic rings. The molecule has 2 N–H and O–H groups in total. The average molecular weight is 372 g/mol. The molecule has 1 heterocycles. The molecule has 1 aromatic rings. The predicted octanol–water partition coefficient (Wildman–Crippen LogP) is 2.45. The fourth-order valence-electron chi connectivity index (χ4n) is 2.18. The number of fused-ring (bicyclic) bond motifs is 1. The molecular weight excluding hydrogens is 354 g/mol. The SMILES string of the molecule is CC(C)CC(NC(=O)c1cc(Br)c2c(c1)OCCO2)C(=O)O. The van der Waals surface area contributed by atoms with Crippen LogP contribution in [0.25, 0.3) is 0 Å². The molecule has 0 saturated carbocycles. The Balaban J connectivity index is 2.18. The highest BCUT2D eigenvalue weighted by molar-refractivity contribution is 9.10. The van der Waals surface area contributed by atoms with Crippen molar-refractivity contribution in [1.29, 1.82) is 0 Å². The minimum absolute atomic E-state index is 0.161. The molecule has 0 radical (unpaired) electrons. The fraction of sp³-hybridized carbons (Fsp3) is 0.467. The zero-order valence-corrected chi connectivity index (χ0v) is 14.0. The van der Waals surface area contributed by atoms with Crippen molar-refractivity contribution >= 4 is 27.8 Å². The van der Waals surface area contributed by atoms with E-state index in [1.807, 2.05) is 13.8 Å². The highest BCUT2D eigenvalue weighted by Crippen LogP contribution is 2.38. The summed E-state index contributed by atoms with van der Waals surface area (Å²) in [6.07, 6.45) is 0.368. The Kier molecular flexibility index (Phi) is 5.28. The lowest BCUT2D eigenvalue weighted by molar-refractivity contribution is -0.139. The Morgan fingerprint density at radius 1 is 1.32 bits per heavy atom. The minimum atomic E-state index is -1.04. The lowest BCUT2D eigenvalue weighted by Gasteiger charge is -2.21. The van der Waals surface area contributed by atoms with Gasteiger partial charge in [0.2, 0.25) is 0 Å². The molecule has 0 aliphatic carbocycles. The topological polar surface area (TPSA) is 84.9 Å². The first-order valence-electron chi connectivity index (χ1n) is 7.01. The van der Waals surface area contributed by atoms with Crippen molar-refractivity contribution in [3.63, 3.8) is 0 Å². The second-order valence-corrected chi connectivity index (χ2v) is 6.33. The van der Waals surface area contributed by atoms with Crippen LogP contribution in [-0.2, 0) is 4.79 Å². The molecule has 6 nitrogen and oxygen atoms in total. The van der Waals surface area contributed by atoms with Gasteiger partial charge in [-0.25, -0.2) is 4.79 Å². The monoisotopic (exact) mass is 371 g/mol. The van der Waals surface area contributed by atoms with Crippen LogP contribution in [-0.4, -0.2) is 36.2 Å². The number of hydrogen-bond acceptors (Lipinski definition) is 4. The molecule has 0 bridgehead atoms. The van der Waals surface area contributed by atoms with Gasteiger partial charge in [-0.3, -0.25) is 4.79 Å². The van der Waals surface area contributed by atoms with Crippen LogP contribution in [0.1, 0.15) is 30.6 Å². The van der Waals surface area contributed by atoms with Gasteiger partial charge in [-0.1, -0.05) is 13.8 Å². The Hall–Kier alpha value is -1.76. The van der Waals surface area contributed by atoms with Crippen LogP contribution in [0, 0.1) is 5.92 Å². The van der Waals surface area contributed by atoms with E-state index in [1.54, 1.807) is 12.1 Å². The number of aliphatic carboxylic acids is 1. The van der Waals surface area contributed by atoms with Crippen LogP contribution in [0.15, 0.2) is 16.6 Å². The summed E-state index contributed by atoms with van der Waals surface area (Å²) < 4.78 is 11.5. The minimum Gasteiger partial charge on any atom is -0.486 e. The Morgan fingerprint density at radius 3 is 2.64 bits per heavy atom. The Bertz CT molecular complexity index is 588.